The smallest absolute Gasteiger partial charge is 0.250 e. The van der Waals surface area contributed by atoms with Gasteiger partial charge >= 0.3 is 0 Å². The normalized spacial score (nSPS) is 10.5. The molecule has 0 aliphatic carbocycles. The van der Waals surface area contributed by atoms with E-state index < -0.39 is 5.82 Å². The maximum absolute atomic E-state index is 13.7. The van der Waals surface area contributed by atoms with Gasteiger partial charge < -0.3 is 19.2 Å². The fourth-order valence-corrected chi connectivity index (χ4v) is 2.46. The SMILES string of the molecule is COc1ccc(NC(=O)CCc2nnc(-c3ccccc3F)o2)cc1OC. The predicted molar refractivity (Wildman–Crippen MR) is 96.2 cm³/mol. The van der Waals surface area contributed by atoms with Crippen LogP contribution in [0, 0.1) is 5.82 Å². The molecule has 0 radical (unpaired) electrons. The van der Waals surface area contributed by atoms with E-state index in [-0.39, 0.29) is 36.1 Å². The van der Waals surface area contributed by atoms with E-state index in [1.807, 2.05) is 0 Å². The topological polar surface area (TPSA) is 86.5 Å². The molecule has 1 amide bonds. The van der Waals surface area contributed by atoms with E-state index in [2.05, 4.69) is 15.5 Å². The quantitative estimate of drug-likeness (QED) is 0.684. The highest BCUT2D eigenvalue weighted by atomic mass is 19.1. The van der Waals surface area contributed by atoms with E-state index >= 15 is 0 Å². The molecule has 0 aliphatic heterocycles. The third-order valence-electron chi connectivity index (χ3n) is 3.80. The Morgan fingerprint density at radius 2 is 1.89 bits per heavy atom. The second-order valence-electron chi connectivity index (χ2n) is 5.60. The Balaban J connectivity index is 1.59. The van der Waals surface area contributed by atoms with E-state index in [1.54, 1.807) is 36.4 Å². The first-order valence-electron chi connectivity index (χ1n) is 8.20. The van der Waals surface area contributed by atoms with E-state index in [0.29, 0.717) is 17.2 Å². The zero-order valence-corrected chi connectivity index (χ0v) is 14.9. The van der Waals surface area contributed by atoms with Crippen molar-refractivity contribution < 1.29 is 23.1 Å². The molecule has 2 aromatic carbocycles. The fourth-order valence-electron chi connectivity index (χ4n) is 2.46. The van der Waals surface area contributed by atoms with E-state index in [1.165, 1.54) is 20.3 Å². The Morgan fingerprint density at radius 3 is 2.63 bits per heavy atom. The number of hydrogen-bond acceptors (Lipinski definition) is 6. The van der Waals surface area contributed by atoms with Gasteiger partial charge in [-0.15, -0.1) is 10.2 Å². The third kappa shape index (κ3) is 4.41. The molecule has 0 aliphatic rings. The summed E-state index contributed by atoms with van der Waals surface area (Å²) in [5, 5.41) is 10.5. The van der Waals surface area contributed by atoms with Crippen molar-refractivity contribution >= 4 is 11.6 Å². The van der Waals surface area contributed by atoms with Gasteiger partial charge in [-0.2, -0.15) is 0 Å². The van der Waals surface area contributed by atoms with Gasteiger partial charge in [-0.1, -0.05) is 12.1 Å². The Hall–Kier alpha value is -3.42. The van der Waals surface area contributed by atoms with Crippen LogP contribution in [0.25, 0.3) is 11.5 Å². The minimum atomic E-state index is -0.445. The van der Waals surface area contributed by atoms with Crippen LogP contribution in [-0.2, 0) is 11.2 Å². The molecule has 0 saturated heterocycles. The van der Waals surface area contributed by atoms with Gasteiger partial charge in [0, 0.05) is 24.6 Å². The Bertz CT molecular complexity index is 942. The summed E-state index contributed by atoms with van der Waals surface area (Å²) in [5.41, 5.74) is 0.807. The van der Waals surface area contributed by atoms with Crippen LogP contribution in [0.2, 0.25) is 0 Å². The van der Waals surface area contributed by atoms with Gasteiger partial charge in [0.1, 0.15) is 5.82 Å². The third-order valence-corrected chi connectivity index (χ3v) is 3.80. The number of carbonyl (C=O) groups excluding carboxylic acids is 1. The van der Waals surface area contributed by atoms with Crippen molar-refractivity contribution in [1.82, 2.24) is 10.2 Å². The summed E-state index contributed by atoms with van der Waals surface area (Å²) in [6.07, 6.45) is 0.369. The number of methoxy groups -OCH3 is 2. The van der Waals surface area contributed by atoms with Crippen molar-refractivity contribution in [2.24, 2.45) is 0 Å². The lowest BCUT2D eigenvalue weighted by Crippen LogP contribution is -2.12. The number of nitrogens with one attached hydrogen (secondary N) is 1. The number of nitrogens with zero attached hydrogens (tertiary/aromatic N) is 2. The van der Waals surface area contributed by atoms with E-state index in [4.69, 9.17) is 13.9 Å². The summed E-state index contributed by atoms with van der Waals surface area (Å²) in [4.78, 5) is 12.1. The highest BCUT2D eigenvalue weighted by Gasteiger charge is 2.14. The van der Waals surface area contributed by atoms with Crippen LogP contribution in [0.15, 0.2) is 46.9 Å². The van der Waals surface area contributed by atoms with Gasteiger partial charge in [-0.05, 0) is 24.3 Å². The number of amides is 1. The number of aryl methyl sites for hydroxylation is 1. The molecule has 0 unspecified atom stereocenters. The molecule has 1 N–H and O–H groups in total. The molecule has 140 valence electrons. The van der Waals surface area contributed by atoms with Crippen molar-refractivity contribution in [3.8, 4) is 23.0 Å². The summed E-state index contributed by atoms with van der Waals surface area (Å²) in [6.45, 7) is 0. The van der Waals surface area contributed by atoms with Crippen LogP contribution in [-0.4, -0.2) is 30.3 Å². The Morgan fingerprint density at radius 1 is 1.11 bits per heavy atom. The molecule has 0 spiro atoms. The van der Waals surface area contributed by atoms with Gasteiger partial charge in [0.25, 0.3) is 5.89 Å². The molecule has 7 nitrogen and oxygen atoms in total. The average molecular weight is 371 g/mol. The summed E-state index contributed by atoms with van der Waals surface area (Å²) in [7, 11) is 3.06. The summed E-state index contributed by atoms with van der Waals surface area (Å²) in [6, 6.07) is 11.2. The van der Waals surface area contributed by atoms with Gasteiger partial charge in [0.05, 0.1) is 19.8 Å². The molecule has 27 heavy (non-hydrogen) atoms. The van der Waals surface area contributed by atoms with Crippen molar-refractivity contribution in [3.63, 3.8) is 0 Å². The minimum Gasteiger partial charge on any atom is -0.493 e. The van der Waals surface area contributed by atoms with E-state index in [9.17, 15) is 9.18 Å². The average Bonchev–Trinajstić information content (AvgIpc) is 3.15. The number of carbonyl (C=O) groups is 1. The molecule has 8 heteroatoms. The zero-order valence-electron chi connectivity index (χ0n) is 14.9. The largest absolute Gasteiger partial charge is 0.493 e. The molecule has 0 saturated carbocycles. The Kier molecular flexibility index (Phi) is 5.65. The summed E-state index contributed by atoms with van der Waals surface area (Å²) in [5.74, 6) is 0.759. The second kappa shape index (κ2) is 8.31. The molecule has 1 heterocycles. The van der Waals surface area contributed by atoms with Crippen LogP contribution in [0.3, 0.4) is 0 Å². The number of ether oxygens (including phenoxy) is 2. The molecule has 0 atom stereocenters. The number of hydrogen-bond donors (Lipinski definition) is 1. The predicted octanol–water partition coefficient (Wildman–Crippen LogP) is 3.46. The first kappa shape index (κ1) is 18.4. The minimum absolute atomic E-state index is 0.0865. The van der Waals surface area contributed by atoms with Crippen molar-refractivity contribution in [2.75, 3.05) is 19.5 Å². The van der Waals surface area contributed by atoms with E-state index in [0.717, 1.165) is 0 Å². The zero-order chi connectivity index (χ0) is 19.2. The van der Waals surface area contributed by atoms with Gasteiger partial charge in [0.15, 0.2) is 11.5 Å². The van der Waals surface area contributed by atoms with Crippen molar-refractivity contribution in [1.29, 1.82) is 0 Å². The first-order chi connectivity index (χ1) is 13.1. The van der Waals surface area contributed by atoms with Crippen LogP contribution in [0.5, 0.6) is 11.5 Å². The van der Waals surface area contributed by atoms with Crippen LogP contribution in [0.1, 0.15) is 12.3 Å². The number of aromatic nitrogens is 2. The molecular formula is C19H18FN3O4. The molecule has 0 bridgehead atoms. The maximum atomic E-state index is 13.7. The lowest BCUT2D eigenvalue weighted by molar-refractivity contribution is -0.116. The molecule has 3 rings (SSSR count). The summed E-state index contributed by atoms with van der Waals surface area (Å²) < 4.78 is 29.5. The molecule has 0 fully saturated rings. The Labute approximate surface area is 155 Å². The number of halogens is 1. The fraction of sp³-hybridized carbons (Fsp3) is 0.211. The molecule has 1 aromatic heterocycles. The summed E-state index contributed by atoms with van der Waals surface area (Å²) >= 11 is 0. The monoisotopic (exact) mass is 371 g/mol. The van der Waals surface area contributed by atoms with Crippen LogP contribution < -0.4 is 14.8 Å². The van der Waals surface area contributed by atoms with Gasteiger partial charge in [-0.3, -0.25) is 4.79 Å². The second-order valence-corrected chi connectivity index (χ2v) is 5.60. The van der Waals surface area contributed by atoms with Crippen molar-refractivity contribution in [2.45, 2.75) is 12.8 Å². The van der Waals surface area contributed by atoms with Gasteiger partial charge in [-0.25, -0.2) is 4.39 Å². The lowest BCUT2D eigenvalue weighted by Gasteiger charge is -2.10. The van der Waals surface area contributed by atoms with Crippen molar-refractivity contribution in [3.05, 3.63) is 54.2 Å². The number of anilines is 1. The van der Waals surface area contributed by atoms with Crippen LogP contribution in [0.4, 0.5) is 10.1 Å². The van der Waals surface area contributed by atoms with Gasteiger partial charge in [0.2, 0.25) is 11.8 Å². The highest BCUT2D eigenvalue weighted by Crippen LogP contribution is 2.29. The first-order valence-corrected chi connectivity index (χ1v) is 8.20. The highest BCUT2D eigenvalue weighted by molar-refractivity contribution is 5.91. The molecular weight excluding hydrogens is 353 g/mol. The maximum Gasteiger partial charge on any atom is 0.250 e. The lowest BCUT2D eigenvalue weighted by atomic mass is 10.2. The molecule has 3 aromatic rings. The number of benzene rings is 2. The number of rotatable bonds is 7. The van der Waals surface area contributed by atoms with Crippen LogP contribution >= 0.6 is 0 Å². The standard InChI is InChI=1S/C19H18FN3O4/c1-25-15-8-7-12(11-16(15)26-2)21-17(24)9-10-18-22-23-19(27-18)13-5-3-4-6-14(13)20/h3-8,11H,9-10H2,1-2H3,(H,21,24).